The van der Waals surface area contributed by atoms with Gasteiger partial charge in [-0.05, 0) is 18.9 Å². The Kier molecular flexibility index (Phi) is 3.71. The molecule has 1 unspecified atom stereocenters. The van der Waals surface area contributed by atoms with E-state index in [1.807, 2.05) is 0 Å². The fraction of sp³-hybridized carbons (Fsp3) is 0.727. The van der Waals surface area contributed by atoms with Crippen LogP contribution in [0.25, 0.3) is 0 Å². The van der Waals surface area contributed by atoms with Crippen molar-refractivity contribution in [2.75, 3.05) is 5.75 Å². The van der Waals surface area contributed by atoms with E-state index in [1.165, 1.54) is 24.7 Å². The molecule has 0 aromatic carbocycles. The maximum absolute atomic E-state index is 11.2. The Morgan fingerprint density at radius 2 is 2.00 bits per heavy atom. The number of nitrogens with zero attached hydrogens (tertiary/aromatic N) is 1. The van der Waals surface area contributed by atoms with Gasteiger partial charge in [0.15, 0.2) is 15.8 Å². The Balaban J connectivity index is 1.87. The van der Waals surface area contributed by atoms with E-state index in [1.54, 1.807) is 6.08 Å². The highest BCUT2D eigenvalue weighted by molar-refractivity contribution is 7.94. The second-order valence-corrected chi connectivity index (χ2v) is 6.65. The molecule has 6 heteroatoms. The summed E-state index contributed by atoms with van der Waals surface area (Å²) in [5.74, 6) is 0.406. The van der Waals surface area contributed by atoms with Crippen molar-refractivity contribution < 1.29 is 8.42 Å². The van der Waals surface area contributed by atoms with Gasteiger partial charge < -0.3 is 11.1 Å². The van der Waals surface area contributed by atoms with Crippen LogP contribution in [0.1, 0.15) is 32.1 Å². The van der Waals surface area contributed by atoms with Gasteiger partial charge in [0, 0.05) is 11.4 Å². The normalized spacial score (nSPS) is 29.4. The molecule has 0 amide bonds. The molecule has 1 fully saturated rings. The molecule has 3 N–H and O–H groups in total. The molecule has 1 atom stereocenters. The lowest BCUT2D eigenvalue weighted by Gasteiger charge is -2.23. The summed E-state index contributed by atoms with van der Waals surface area (Å²) < 4.78 is 22.4. The summed E-state index contributed by atoms with van der Waals surface area (Å²) >= 11 is 0. The number of guanidine groups is 1. The lowest BCUT2D eigenvalue weighted by molar-refractivity contribution is 0.412. The minimum atomic E-state index is -3.05. The number of sulfone groups is 1. The number of hydrogen-bond donors (Lipinski definition) is 2. The molecule has 0 radical (unpaired) electrons. The van der Waals surface area contributed by atoms with E-state index < -0.39 is 9.84 Å². The zero-order chi connectivity index (χ0) is 12.3. The number of rotatable bonds is 2. The van der Waals surface area contributed by atoms with Crippen LogP contribution in [0.4, 0.5) is 0 Å². The monoisotopic (exact) mass is 257 g/mol. The van der Waals surface area contributed by atoms with Crippen molar-refractivity contribution in [3.63, 3.8) is 0 Å². The Labute approximate surface area is 102 Å². The van der Waals surface area contributed by atoms with E-state index in [-0.39, 0.29) is 11.8 Å². The predicted octanol–water partition coefficient (Wildman–Crippen LogP) is 0.534. The van der Waals surface area contributed by atoms with Crippen LogP contribution in [0.2, 0.25) is 0 Å². The largest absolute Gasteiger partial charge is 0.370 e. The molecule has 0 spiro atoms. The SMILES string of the molecule is NC(=NC1C=CS(=O)(=O)C1)NC1CCCCC1. The first-order valence-corrected chi connectivity index (χ1v) is 7.77. The fourth-order valence-electron chi connectivity index (χ4n) is 2.31. The van der Waals surface area contributed by atoms with Crippen LogP contribution in [0.3, 0.4) is 0 Å². The van der Waals surface area contributed by atoms with Gasteiger partial charge in [0.25, 0.3) is 0 Å². The first kappa shape index (κ1) is 12.4. The van der Waals surface area contributed by atoms with Gasteiger partial charge in [-0.1, -0.05) is 19.3 Å². The molecular weight excluding hydrogens is 238 g/mol. The highest BCUT2D eigenvalue weighted by Gasteiger charge is 2.21. The van der Waals surface area contributed by atoms with E-state index in [0.717, 1.165) is 12.8 Å². The van der Waals surface area contributed by atoms with Crippen LogP contribution < -0.4 is 11.1 Å². The topological polar surface area (TPSA) is 84.5 Å². The maximum Gasteiger partial charge on any atom is 0.189 e. The van der Waals surface area contributed by atoms with Crippen molar-refractivity contribution in [3.05, 3.63) is 11.5 Å². The molecule has 2 rings (SSSR count). The summed E-state index contributed by atoms with van der Waals surface area (Å²) in [6.45, 7) is 0. The van der Waals surface area contributed by atoms with E-state index >= 15 is 0 Å². The molecule has 0 saturated heterocycles. The highest BCUT2D eigenvalue weighted by atomic mass is 32.2. The van der Waals surface area contributed by atoms with E-state index in [2.05, 4.69) is 10.3 Å². The van der Waals surface area contributed by atoms with E-state index in [9.17, 15) is 8.42 Å². The van der Waals surface area contributed by atoms with Crippen LogP contribution in [-0.2, 0) is 9.84 Å². The molecule has 0 aromatic rings. The van der Waals surface area contributed by atoms with Gasteiger partial charge in [-0.25, -0.2) is 13.4 Å². The zero-order valence-corrected chi connectivity index (χ0v) is 10.6. The number of aliphatic imine (C=N–C) groups is 1. The fourth-order valence-corrected chi connectivity index (χ4v) is 3.51. The number of nitrogens with one attached hydrogen (secondary N) is 1. The third-order valence-electron chi connectivity index (χ3n) is 3.17. The highest BCUT2D eigenvalue weighted by Crippen LogP contribution is 2.17. The predicted molar refractivity (Wildman–Crippen MR) is 68.3 cm³/mol. The molecule has 1 aliphatic carbocycles. The molecule has 5 nitrogen and oxygen atoms in total. The molecule has 1 heterocycles. The Morgan fingerprint density at radius 3 is 2.59 bits per heavy atom. The molecule has 17 heavy (non-hydrogen) atoms. The van der Waals surface area contributed by atoms with Crippen LogP contribution in [-0.4, -0.2) is 32.2 Å². The minimum absolute atomic E-state index is 0.0417. The van der Waals surface area contributed by atoms with Gasteiger partial charge in [0.2, 0.25) is 0 Å². The van der Waals surface area contributed by atoms with Crippen molar-refractivity contribution in [2.45, 2.75) is 44.2 Å². The second-order valence-electron chi connectivity index (χ2n) is 4.72. The van der Waals surface area contributed by atoms with Gasteiger partial charge in [-0.2, -0.15) is 0 Å². The second kappa shape index (κ2) is 5.08. The molecule has 1 saturated carbocycles. The Morgan fingerprint density at radius 1 is 1.29 bits per heavy atom. The first-order valence-electron chi connectivity index (χ1n) is 6.06. The quantitative estimate of drug-likeness (QED) is 0.558. The summed E-state index contributed by atoms with van der Waals surface area (Å²) in [7, 11) is -3.05. The smallest absolute Gasteiger partial charge is 0.189 e. The van der Waals surface area contributed by atoms with Gasteiger partial charge >= 0.3 is 0 Å². The van der Waals surface area contributed by atoms with Crippen molar-refractivity contribution >= 4 is 15.8 Å². The average Bonchev–Trinajstić information content (AvgIpc) is 2.59. The van der Waals surface area contributed by atoms with Crippen LogP contribution in [0, 0.1) is 0 Å². The summed E-state index contributed by atoms with van der Waals surface area (Å²) in [6, 6.07) is 0.0746. The molecule has 0 bridgehead atoms. The van der Waals surface area contributed by atoms with Crippen molar-refractivity contribution in [1.82, 2.24) is 5.32 Å². The van der Waals surface area contributed by atoms with Gasteiger partial charge in [-0.3, -0.25) is 0 Å². The minimum Gasteiger partial charge on any atom is -0.370 e. The number of hydrogen-bond acceptors (Lipinski definition) is 3. The van der Waals surface area contributed by atoms with Gasteiger partial charge in [0.05, 0.1) is 11.8 Å². The maximum atomic E-state index is 11.2. The number of nitrogens with two attached hydrogens (primary N) is 1. The van der Waals surface area contributed by atoms with Crippen LogP contribution >= 0.6 is 0 Å². The van der Waals surface area contributed by atoms with Crippen LogP contribution in [0.5, 0.6) is 0 Å². The summed E-state index contributed by atoms with van der Waals surface area (Å²) in [5.41, 5.74) is 5.78. The molecule has 1 aliphatic heterocycles. The van der Waals surface area contributed by atoms with E-state index in [0.29, 0.717) is 12.0 Å². The zero-order valence-electron chi connectivity index (χ0n) is 9.80. The van der Waals surface area contributed by atoms with Crippen molar-refractivity contribution in [2.24, 2.45) is 10.7 Å². The van der Waals surface area contributed by atoms with Gasteiger partial charge in [0.1, 0.15) is 0 Å². The Hall–Kier alpha value is -1.04. The molecule has 2 aliphatic rings. The average molecular weight is 257 g/mol. The third-order valence-corrected chi connectivity index (χ3v) is 4.55. The third kappa shape index (κ3) is 3.73. The lowest BCUT2D eigenvalue weighted by atomic mass is 9.96. The summed E-state index contributed by atoms with van der Waals surface area (Å²) in [5, 5.41) is 4.39. The lowest BCUT2D eigenvalue weighted by Crippen LogP contribution is -2.41. The standard InChI is InChI=1S/C11H19N3O2S/c12-11(13-9-4-2-1-3-5-9)14-10-6-7-17(15,16)8-10/h6-7,9-10H,1-5,8H2,(H3,12,13,14). The van der Waals surface area contributed by atoms with E-state index in [4.69, 9.17) is 5.73 Å². The molecule has 96 valence electrons. The first-order chi connectivity index (χ1) is 8.05. The molecule has 0 aromatic heterocycles. The summed E-state index contributed by atoms with van der Waals surface area (Å²) in [6.07, 6.45) is 7.57. The van der Waals surface area contributed by atoms with Crippen molar-refractivity contribution in [1.29, 1.82) is 0 Å². The summed E-state index contributed by atoms with van der Waals surface area (Å²) in [4.78, 5) is 4.18. The van der Waals surface area contributed by atoms with Gasteiger partial charge in [-0.15, -0.1) is 0 Å². The van der Waals surface area contributed by atoms with Crippen molar-refractivity contribution in [3.8, 4) is 0 Å². The Bertz CT molecular complexity index is 422. The molecular formula is C11H19N3O2S. The van der Waals surface area contributed by atoms with Crippen LogP contribution in [0.15, 0.2) is 16.5 Å².